The molecule has 17 heavy (non-hydrogen) atoms. The molecule has 1 fully saturated rings. The molecular formula is C12H19F3N2. The highest BCUT2D eigenvalue weighted by atomic mass is 19.4. The van der Waals surface area contributed by atoms with Crippen LogP contribution in [0, 0.1) is 17.2 Å². The van der Waals surface area contributed by atoms with E-state index < -0.39 is 17.6 Å². The summed E-state index contributed by atoms with van der Waals surface area (Å²) in [5.41, 5.74) is -0.675. The maximum atomic E-state index is 12.6. The van der Waals surface area contributed by atoms with Crippen LogP contribution in [0.2, 0.25) is 0 Å². The second kappa shape index (κ2) is 5.26. The molecule has 0 spiro atoms. The van der Waals surface area contributed by atoms with Gasteiger partial charge in [0.15, 0.2) is 0 Å². The van der Waals surface area contributed by atoms with Crippen molar-refractivity contribution in [2.75, 3.05) is 13.1 Å². The van der Waals surface area contributed by atoms with Gasteiger partial charge in [-0.15, -0.1) is 0 Å². The highest BCUT2D eigenvalue weighted by Crippen LogP contribution is 2.43. The molecule has 0 heterocycles. The highest BCUT2D eigenvalue weighted by molar-refractivity contribution is 5.10. The van der Waals surface area contributed by atoms with E-state index in [0.29, 0.717) is 25.9 Å². The normalized spacial score (nSPS) is 30.3. The van der Waals surface area contributed by atoms with E-state index in [0.717, 1.165) is 0 Å². The fourth-order valence-electron chi connectivity index (χ4n) is 2.75. The van der Waals surface area contributed by atoms with Crippen molar-refractivity contribution in [1.29, 1.82) is 5.26 Å². The van der Waals surface area contributed by atoms with Gasteiger partial charge in [0.05, 0.1) is 12.0 Å². The molecule has 98 valence electrons. The van der Waals surface area contributed by atoms with Crippen molar-refractivity contribution in [1.82, 2.24) is 4.90 Å². The standard InChI is InChI=1S/C12H19F3N2/c1-3-17(4-2)11(9-16)7-5-10(6-8-11)12(13,14)15/h10H,3-8H2,1-2H3. The Morgan fingerprint density at radius 3 is 2.00 bits per heavy atom. The van der Waals surface area contributed by atoms with Crippen LogP contribution in [0.5, 0.6) is 0 Å². The Morgan fingerprint density at radius 1 is 1.24 bits per heavy atom. The predicted octanol–water partition coefficient (Wildman–Crippen LogP) is 3.34. The number of rotatable bonds is 3. The molecule has 0 atom stereocenters. The minimum Gasteiger partial charge on any atom is -0.286 e. The van der Waals surface area contributed by atoms with Gasteiger partial charge in [0.2, 0.25) is 0 Å². The molecule has 1 aliphatic carbocycles. The zero-order chi connectivity index (χ0) is 13.1. The molecule has 1 aliphatic rings. The van der Waals surface area contributed by atoms with Gasteiger partial charge < -0.3 is 0 Å². The van der Waals surface area contributed by atoms with Crippen molar-refractivity contribution in [2.45, 2.75) is 51.2 Å². The number of hydrogen-bond donors (Lipinski definition) is 0. The fraction of sp³-hybridized carbons (Fsp3) is 0.917. The summed E-state index contributed by atoms with van der Waals surface area (Å²) in [5.74, 6) is -1.22. The van der Waals surface area contributed by atoms with Crippen LogP contribution in [0.4, 0.5) is 13.2 Å². The second-order valence-corrected chi connectivity index (χ2v) is 4.63. The maximum Gasteiger partial charge on any atom is 0.391 e. The maximum absolute atomic E-state index is 12.6. The molecule has 0 aromatic heterocycles. The van der Waals surface area contributed by atoms with Gasteiger partial charge in [-0.25, -0.2) is 0 Å². The van der Waals surface area contributed by atoms with E-state index in [1.807, 2.05) is 18.7 Å². The molecule has 0 radical (unpaired) electrons. The van der Waals surface area contributed by atoms with E-state index in [4.69, 9.17) is 0 Å². The molecule has 1 rings (SSSR count). The quantitative estimate of drug-likeness (QED) is 0.766. The highest BCUT2D eigenvalue weighted by Gasteiger charge is 2.47. The molecule has 0 aliphatic heterocycles. The van der Waals surface area contributed by atoms with Crippen LogP contribution in [0.1, 0.15) is 39.5 Å². The van der Waals surface area contributed by atoms with Gasteiger partial charge in [-0.3, -0.25) is 4.90 Å². The lowest BCUT2D eigenvalue weighted by molar-refractivity contribution is -0.186. The second-order valence-electron chi connectivity index (χ2n) is 4.63. The van der Waals surface area contributed by atoms with Crippen LogP contribution < -0.4 is 0 Å². The van der Waals surface area contributed by atoms with Crippen LogP contribution in [0.3, 0.4) is 0 Å². The van der Waals surface area contributed by atoms with Gasteiger partial charge in [-0.1, -0.05) is 13.8 Å². The summed E-state index contributed by atoms with van der Waals surface area (Å²) in [6, 6.07) is 2.25. The lowest BCUT2D eigenvalue weighted by atomic mass is 9.76. The Morgan fingerprint density at radius 2 is 1.71 bits per heavy atom. The van der Waals surface area contributed by atoms with Crippen molar-refractivity contribution in [3.63, 3.8) is 0 Å². The molecule has 0 saturated heterocycles. The summed E-state index contributed by atoms with van der Waals surface area (Å²) in [4.78, 5) is 1.99. The molecule has 0 unspecified atom stereocenters. The third-order valence-electron chi connectivity index (χ3n) is 3.85. The van der Waals surface area contributed by atoms with Gasteiger partial charge in [-0.2, -0.15) is 18.4 Å². The number of nitrogens with zero attached hydrogens (tertiary/aromatic N) is 2. The SMILES string of the molecule is CCN(CC)C1(C#N)CCC(C(F)(F)F)CC1. The molecule has 0 N–H and O–H groups in total. The smallest absolute Gasteiger partial charge is 0.286 e. The predicted molar refractivity (Wildman–Crippen MR) is 59.3 cm³/mol. The van der Waals surface area contributed by atoms with Gasteiger partial charge in [0, 0.05) is 0 Å². The Kier molecular flexibility index (Phi) is 4.42. The Bertz CT molecular complexity index is 281. The zero-order valence-corrected chi connectivity index (χ0v) is 10.3. The first kappa shape index (κ1) is 14.3. The summed E-state index contributed by atoms with van der Waals surface area (Å²) < 4.78 is 37.7. The first-order valence-corrected chi connectivity index (χ1v) is 6.12. The van der Waals surface area contributed by atoms with Crippen molar-refractivity contribution in [3.8, 4) is 6.07 Å². The van der Waals surface area contributed by atoms with Crippen LogP contribution >= 0.6 is 0 Å². The van der Waals surface area contributed by atoms with Crippen molar-refractivity contribution < 1.29 is 13.2 Å². The minimum absolute atomic E-state index is 0.0769. The van der Waals surface area contributed by atoms with E-state index in [-0.39, 0.29) is 12.8 Å². The average Bonchev–Trinajstić information content (AvgIpc) is 2.30. The molecule has 5 heteroatoms. The monoisotopic (exact) mass is 248 g/mol. The summed E-state index contributed by atoms with van der Waals surface area (Å²) in [5, 5.41) is 9.29. The van der Waals surface area contributed by atoms with Crippen LogP contribution in [0.15, 0.2) is 0 Å². The minimum atomic E-state index is -4.11. The first-order chi connectivity index (χ1) is 7.89. The average molecular weight is 248 g/mol. The summed E-state index contributed by atoms with van der Waals surface area (Å²) in [7, 11) is 0. The molecule has 0 amide bonds. The molecule has 0 aromatic rings. The lowest BCUT2D eigenvalue weighted by Gasteiger charge is -2.42. The van der Waals surface area contributed by atoms with Gasteiger partial charge in [0.1, 0.15) is 5.54 Å². The summed E-state index contributed by atoms with van der Waals surface area (Å²) in [6.45, 7) is 5.30. The number of halogens is 3. The number of alkyl halides is 3. The number of nitriles is 1. The van der Waals surface area contributed by atoms with Gasteiger partial charge in [0.25, 0.3) is 0 Å². The Balaban J connectivity index is 2.74. The van der Waals surface area contributed by atoms with Gasteiger partial charge in [-0.05, 0) is 38.8 Å². The lowest BCUT2D eigenvalue weighted by Crippen LogP contribution is -2.51. The van der Waals surface area contributed by atoms with Gasteiger partial charge >= 0.3 is 6.18 Å². The molecule has 0 bridgehead atoms. The largest absolute Gasteiger partial charge is 0.391 e. The topological polar surface area (TPSA) is 27.0 Å². The van der Waals surface area contributed by atoms with Crippen LogP contribution in [-0.2, 0) is 0 Å². The van der Waals surface area contributed by atoms with E-state index in [9.17, 15) is 18.4 Å². The van der Waals surface area contributed by atoms with Crippen LogP contribution in [-0.4, -0.2) is 29.7 Å². The summed E-state index contributed by atoms with van der Waals surface area (Å²) in [6.07, 6.45) is -3.29. The van der Waals surface area contributed by atoms with E-state index in [1.165, 1.54) is 0 Å². The fourth-order valence-corrected chi connectivity index (χ4v) is 2.75. The third kappa shape index (κ3) is 2.92. The molecular weight excluding hydrogens is 229 g/mol. The number of hydrogen-bond acceptors (Lipinski definition) is 2. The van der Waals surface area contributed by atoms with Crippen LogP contribution in [0.25, 0.3) is 0 Å². The molecule has 1 saturated carbocycles. The Hall–Kier alpha value is -0.760. The van der Waals surface area contributed by atoms with E-state index in [2.05, 4.69) is 6.07 Å². The van der Waals surface area contributed by atoms with Crippen molar-refractivity contribution in [2.24, 2.45) is 5.92 Å². The molecule has 0 aromatic carbocycles. The van der Waals surface area contributed by atoms with E-state index >= 15 is 0 Å². The van der Waals surface area contributed by atoms with Crippen molar-refractivity contribution >= 4 is 0 Å². The van der Waals surface area contributed by atoms with E-state index in [1.54, 1.807) is 0 Å². The Labute approximate surface area is 100 Å². The van der Waals surface area contributed by atoms with Crippen molar-refractivity contribution in [3.05, 3.63) is 0 Å². The zero-order valence-electron chi connectivity index (χ0n) is 10.3. The summed E-state index contributed by atoms with van der Waals surface area (Å²) >= 11 is 0. The third-order valence-corrected chi connectivity index (χ3v) is 3.85. The molecule has 2 nitrogen and oxygen atoms in total. The first-order valence-electron chi connectivity index (χ1n) is 6.12.